The van der Waals surface area contributed by atoms with Crippen molar-refractivity contribution in [3.05, 3.63) is 110 Å². The number of carbonyl (C=O) groups is 1. The molecule has 0 atom stereocenters. The maximum absolute atomic E-state index is 11.9. The molecular weight excluding hydrogens is 400 g/mol. The Morgan fingerprint density at radius 1 is 1.07 bits per heavy atom. The van der Waals surface area contributed by atoms with Crippen LogP contribution in [0.15, 0.2) is 72.2 Å². The first-order valence-corrected chi connectivity index (χ1v) is 10.0. The van der Waals surface area contributed by atoms with E-state index in [0.717, 1.165) is 16.3 Å². The molecule has 1 aliphatic heterocycles. The minimum atomic E-state index is -1.14. The number of aryl methyl sites for hydroxylation is 1. The third-order valence-electron chi connectivity index (χ3n) is 4.81. The highest BCUT2D eigenvalue weighted by Gasteiger charge is 2.17. The summed E-state index contributed by atoms with van der Waals surface area (Å²) in [5.74, 6) is -1.14. The van der Waals surface area contributed by atoms with Gasteiger partial charge in [0.05, 0.1) is 21.9 Å². The Balaban J connectivity index is 1.81. The van der Waals surface area contributed by atoms with Gasteiger partial charge in [-0.25, -0.2) is 4.79 Å². The second-order valence-corrected chi connectivity index (χ2v) is 7.69. The Kier molecular flexibility index (Phi) is 5.20. The molecule has 2 aromatic rings. The van der Waals surface area contributed by atoms with Crippen molar-refractivity contribution >= 4 is 39.7 Å². The average Bonchev–Trinajstić information content (AvgIpc) is 3.24. The van der Waals surface area contributed by atoms with Crippen LogP contribution in [0.4, 0.5) is 0 Å². The highest BCUT2D eigenvalue weighted by molar-refractivity contribution is 8.11. The Bertz CT molecular complexity index is 1280. The first kappa shape index (κ1) is 19.6. The second kappa shape index (κ2) is 7.96. The molecule has 150 valence electrons. The fraction of sp³-hybridized carbons (Fsp3) is 0.0435. The maximum Gasteiger partial charge on any atom is 0.336 e. The number of aromatic carboxylic acids is 1. The van der Waals surface area contributed by atoms with Gasteiger partial charge in [-0.3, -0.25) is 0 Å². The van der Waals surface area contributed by atoms with E-state index in [1.165, 1.54) is 23.4 Å². The number of thioether (sulfide) groups is 1. The minimum Gasteiger partial charge on any atom is -0.612 e. The number of nitrogens with one attached hydrogen (secondary N) is 1. The van der Waals surface area contributed by atoms with Crippen molar-refractivity contribution in [1.82, 2.24) is 5.32 Å². The molecule has 0 bridgehead atoms. The van der Waals surface area contributed by atoms with Crippen LogP contribution in [0.25, 0.3) is 16.3 Å². The summed E-state index contributed by atoms with van der Waals surface area (Å²) < 4.78 is 0. The van der Waals surface area contributed by atoms with E-state index in [4.69, 9.17) is 0 Å². The fourth-order valence-corrected chi connectivity index (χ4v) is 4.13. The highest BCUT2D eigenvalue weighted by Crippen LogP contribution is 2.30. The van der Waals surface area contributed by atoms with E-state index < -0.39 is 10.9 Å². The summed E-state index contributed by atoms with van der Waals surface area (Å²) in [6.07, 6.45) is 6.15. The highest BCUT2D eigenvalue weighted by atomic mass is 32.2. The van der Waals surface area contributed by atoms with Gasteiger partial charge in [-0.2, -0.15) is 4.90 Å². The van der Waals surface area contributed by atoms with Crippen molar-refractivity contribution in [2.45, 2.75) is 6.92 Å². The summed E-state index contributed by atoms with van der Waals surface area (Å²) in [4.78, 5) is 11.4. The standard InChI is InChI=1S/C23H17N2O4S/c1-14-6-8-15(9-7-14)20-13-30-22(24-20)16-10-11-17(19(12-16)23(26)27)18-4-2-3-5-21(18)25(28)29/h2-13,24H,1H3,(H-,26,27,28,29)/q-1. The quantitative estimate of drug-likeness (QED) is 0.576. The monoisotopic (exact) mass is 417 g/mol. The zero-order chi connectivity index (χ0) is 21.3. The number of hydrogen-bond donors (Lipinski definition) is 2. The summed E-state index contributed by atoms with van der Waals surface area (Å²) >= 11 is 1.48. The van der Waals surface area contributed by atoms with Gasteiger partial charge in [0.25, 0.3) is 0 Å². The molecule has 6 nitrogen and oxygen atoms in total. The van der Waals surface area contributed by atoms with E-state index in [0.29, 0.717) is 10.4 Å². The van der Waals surface area contributed by atoms with Crippen LogP contribution < -0.4 is 15.8 Å². The lowest BCUT2D eigenvalue weighted by Crippen LogP contribution is -2.27. The molecule has 4 rings (SSSR count). The van der Waals surface area contributed by atoms with Crippen LogP contribution in [0, 0.1) is 17.3 Å². The van der Waals surface area contributed by atoms with Gasteiger partial charge in [-0.1, -0.05) is 65.9 Å². The Labute approximate surface area is 176 Å². The molecule has 1 aliphatic carbocycles. The molecule has 0 spiro atoms. The predicted molar refractivity (Wildman–Crippen MR) is 120 cm³/mol. The van der Waals surface area contributed by atoms with Gasteiger partial charge >= 0.3 is 5.97 Å². The molecule has 0 saturated carbocycles. The van der Waals surface area contributed by atoms with Gasteiger partial charge in [0, 0.05) is 21.9 Å². The molecule has 2 aromatic carbocycles. The third-order valence-corrected chi connectivity index (χ3v) is 5.74. The molecule has 2 N–H and O–H groups in total. The maximum atomic E-state index is 11.9. The lowest BCUT2D eigenvalue weighted by atomic mass is 9.99. The summed E-state index contributed by atoms with van der Waals surface area (Å²) in [5.41, 5.74) is 3.32. The lowest BCUT2D eigenvalue weighted by Gasteiger charge is -2.12. The van der Waals surface area contributed by atoms with E-state index in [9.17, 15) is 20.3 Å². The normalized spacial score (nSPS) is 18.8. The predicted octanol–water partition coefficient (Wildman–Crippen LogP) is 2.82. The SMILES string of the molecule is Cc1ccc(C2=CSC(=c3ccc(=C4C=CC=CC4=[N+]([O-])[O-])c(C(=O)O)c3)N2)cc1. The Morgan fingerprint density at radius 2 is 1.80 bits per heavy atom. The van der Waals surface area contributed by atoms with Gasteiger partial charge in [0.2, 0.25) is 5.71 Å². The van der Waals surface area contributed by atoms with Crippen molar-refractivity contribution in [3.63, 3.8) is 0 Å². The number of nitrogens with zero attached hydrogens (tertiary/aromatic N) is 1. The van der Waals surface area contributed by atoms with Crippen molar-refractivity contribution in [3.8, 4) is 0 Å². The van der Waals surface area contributed by atoms with Crippen LogP contribution >= 0.6 is 11.8 Å². The number of rotatable bonds is 2. The number of hydrogen-bond acceptors (Lipinski definition) is 5. The first-order chi connectivity index (χ1) is 14.4. The third kappa shape index (κ3) is 3.75. The number of carboxylic acids is 1. The van der Waals surface area contributed by atoms with Crippen molar-refractivity contribution in [1.29, 1.82) is 0 Å². The smallest absolute Gasteiger partial charge is 0.336 e. The molecule has 0 saturated heterocycles. The Hall–Kier alpha value is -3.71. The Morgan fingerprint density at radius 3 is 2.50 bits per heavy atom. The van der Waals surface area contributed by atoms with Gasteiger partial charge in [-0.05, 0) is 24.6 Å². The molecule has 0 aromatic heterocycles. The second-order valence-electron chi connectivity index (χ2n) is 6.81. The van der Waals surface area contributed by atoms with E-state index in [2.05, 4.69) is 5.32 Å². The van der Waals surface area contributed by atoms with E-state index >= 15 is 0 Å². The van der Waals surface area contributed by atoms with Crippen LogP contribution in [0.1, 0.15) is 21.5 Å². The number of carboxylic acid groups (broad SMARTS) is 1. The molecule has 0 fully saturated rings. The van der Waals surface area contributed by atoms with Crippen molar-refractivity contribution < 1.29 is 14.8 Å². The van der Waals surface area contributed by atoms with Gasteiger partial charge in [-0.15, -0.1) is 0 Å². The van der Waals surface area contributed by atoms with Crippen molar-refractivity contribution in [2.75, 3.05) is 0 Å². The molecule has 0 amide bonds. The van der Waals surface area contributed by atoms with Crippen molar-refractivity contribution in [2.24, 2.45) is 0 Å². The average molecular weight is 417 g/mol. The topological polar surface area (TPSA) is 98.5 Å². The van der Waals surface area contributed by atoms with E-state index in [-0.39, 0.29) is 16.8 Å². The van der Waals surface area contributed by atoms with Crippen LogP contribution in [0.2, 0.25) is 0 Å². The molecule has 0 radical (unpaired) electrons. The largest absolute Gasteiger partial charge is 0.612 e. The summed E-state index contributed by atoms with van der Waals surface area (Å²) in [7, 11) is 0. The minimum absolute atomic E-state index is 0.0143. The molecule has 2 aliphatic rings. The fourth-order valence-electron chi connectivity index (χ4n) is 3.27. The van der Waals surface area contributed by atoms with Crippen LogP contribution in [-0.2, 0) is 0 Å². The summed E-state index contributed by atoms with van der Waals surface area (Å²) in [5, 5.41) is 39.7. The van der Waals surface area contributed by atoms with E-state index in [1.54, 1.807) is 36.4 Å². The number of benzene rings is 2. The van der Waals surface area contributed by atoms with Crippen LogP contribution in [0.5, 0.6) is 0 Å². The summed E-state index contributed by atoms with van der Waals surface area (Å²) in [6, 6.07) is 13.1. The van der Waals surface area contributed by atoms with Crippen LogP contribution in [0.3, 0.4) is 0 Å². The zero-order valence-corrected chi connectivity index (χ0v) is 16.8. The first-order valence-electron chi connectivity index (χ1n) is 9.13. The number of allylic oxidation sites excluding steroid dienone is 4. The molecule has 30 heavy (non-hydrogen) atoms. The molecule has 7 heteroatoms. The van der Waals surface area contributed by atoms with Gasteiger partial charge in [0.15, 0.2) is 0 Å². The van der Waals surface area contributed by atoms with Gasteiger partial charge < -0.3 is 20.8 Å². The van der Waals surface area contributed by atoms with Crippen LogP contribution in [-0.4, -0.2) is 21.7 Å². The lowest BCUT2D eigenvalue weighted by molar-refractivity contribution is -0.376. The van der Waals surface area contributed by atoms with Gasteiger partial charge in [0.1, 0.15) is 0 Å². The van der Waals surface area contributed by atoms with E-state index in [1.807, 2.05) is 36.6 Å². The molecule has 0 unspecified atom stereocenters. The molecule has 1 heterocycles. The zero-order valence-electron chi connectivity index (χ0n) is 16.0. The summed E-state index contributed by atoms with van der Waals surface area (Å²) in [6.45, 7) is 2.03. The molecular formula is C23H17N2O4S-.